The normalized spacial score (nSPS) is 10.2. The van der Waals surface area contributed by atoms with E-state index in [0.717, 1.165) is 21.4 Å². The Kier molecular flexibility index (Phi) is 3.44. The van der Waals surface area contributed by atoms with Crippen LogP contribution in [0.2, 0.25) is 0 Å². The van der Waals surface area contributed by atoms with Crippen molar-refractivity contribution in [2.24, 2.45) is 12.8 Å². The summed E-state index contributed by atoms with van der Waals surface area (Å²) in [7, 11) is 1.87. The highest BCUT2D eigenvalue weighted by Gasteiger charge is 2.04. The molecule has 0 radical (unpaired) electrons. The number of hydrogen-bond donors (Lipinski definition) is 2. The van der Waals surface area contributed by atoms with E-state index >= 15 is 0 Å². The molecule has 0 spiro atoms. The number of hydrogen-bond acceptors (Lipinski definition) is 3. The number of nitrogens with zero attached hydrogens (tertiary/aromatic N) is 2. The summed E-state index contributed by atoms with van der Waals surface area (Å²) in [5, 5.41) is 7.33. The highest BCUT2D eigenvalue weighted by atomic mass is 79.9. The molecule has 3 N–H and O–H groups in total. The fourth-order valence-electron chi connectivity index (χ4n) is 1.41. The van der Waals surface area contributed by atoms with Crippen molar-refractivity contribution < 1.29 is 0 Å². The first kappa shape index (κ1) is 12.1. The first-order valence-corrected chi connectivity index (χ1v) is 6.11. The van der Waals surface area contributed by atoms with Crippen LogP contribution < -0.4 is 11.1 Å². The molecule has 0 aliphatic carbocycles. The van der Waals surface area contributed by atoms with Crippen LogP contribution in [0.3, 0.4) is 0 Å². The van der Waals surface area contributed by atoms with E-state index < -0.39 is 0 Å². The second kappa shape index (κ2) is 4.85. The topological polar surface area (TPSA) is 55.9 Å². The van der Waals surface area contributed by atoms with Gasteiger partial charge in [-0.15, -0.1) is 0 Å². The van der Waals surface area contributed by atoms with E-state index in [1.807, 2.05) is 31.4 Å². The number of thiocarbonyl (C=S) groups is 1. The number of aromatic nitrogens is 2. The molecule has 1 aromatic heterocycles. The van der Waals surface area contributed by atoms with Crippen molar-refractivity contribution >= 4 is 44.5 Å². The van der Waals surface area contributed by atoms with Crippen molar-refractivity contribution in [2.75, 3.05) is 5.32 Å². The average molecular weight is 311 g/mol. The van der Waals surface area contributed by atoms with Crippen molar-refractivity contribution in [3.63, 3.8) is 0 Å². The first-order chi connectivity index (χ1) is 8.06. The third-order valence-electron chi connectivity index (χ3n) is 2.24. The first-order valence-electron chi connectivity index (χ1n) is 4.91. The fraction of sp³-hybridized carbons (Fsp3) is 0.0909. The minimum Gasteiger partial charge on any atom is -0.389 e. The minimum absolute atomic E-state index is 0.388. The van der Waals surface area contributed by atoms with Crippen molar-refractivity contribution in [1.29, 1.82) is 0 Å². The Hall–Kier alpha value is -1.40. The molecule has 0 bridgehead atoms. The van der Waals surface area contributed by atoms with E-state index in [9.17, 15) is 0 Å². The molecule has 17 heavy (non-hydrogen) atoms. The summed E-state index contributed by atoms with van der Waals surface area (Å²) in [6.45, 7) is 0. The Labute approximate surface area is 113 Å². The molecule has 0 aliphatic heterocycles. The standard InChI is InChI=1S/C11H11BrN4S/c1-16-6-8(5-14-16)15-10-3-2-7(11(13)17)4-9(10)12/h2-6,15H,1H3,(H2,13,17). The number of benzene rings is 1. The molecule has 0 amide bonds. The van der Waals surface area contributed by atoms with Gasteiger partial charge in [-0.2, -0.15) is 5.10 Å². The number of nitrogens with two attached hydrogens (primary N) is 1. The van der Waals surface area contributed by atoms with Crippen LogP contribution in [-0.4, -0.2) is 14.8 Å². The van der Waals surface area contributed by atoms with E-state index in [1.54, 1.807) is 10.9 Å². The molecule has 1 heterocycles. The Bertz CT molecular complexity index is 564. The number of anilines is 2. The molecule has 88 valence electrons. The van der Waals surface area contributed by atoms with Gasteiger partial charge in [0.15, 0.2) is 0 Å². The van der Waals surface area contributed by atoms with Gasteiger partial charge in [0.25, 0.3) is 0 Å². The second-order valence-electron chi connectivity index (χ2n) is 3.59. The monoisotopic (exact) mass is 310 g/mol. The molecule has 2 rings (SSSR count). The molecule has 2 aromatic rings. The van der Waals surface area contributed by atoms with Crippen molar-refractivity contribution in [3.05, 3.63) is 40.6 Å². The van der Waals surface area contributed by atoms with E-state index in [0.29, 0.717) is 4.99 Å². The van der Waals surface area contributed by atoms with Gasteiger partial charge in [0.2, 0.25) is 0 Å². The van der Waals surface area contributed by atoms with Crippen molar-refractivity contribution in [1.82, 2.24) is 9.78 Å². The zero-order valence-corrected chi connectivity index (χ0v) is 11.5. The van der Waals surface area contributed by atoms with Gasteiger partial charge < -0.3 is 11.1 Å². The summed E-state index contributed by atoms with van der Waals surface area (Å²) in [5.41, 5.74) is 8.27. The van der Waals surface area contributed by atoms with E-state index in [-0.39, 0.29) is 0 Å². The van der Waals surface area contributed by atoms with Crippen LogP contribution in [0, 0.1) is 0 Å². The quantitative estimate of drug-likeness (QED) is 0.856. The summed E-state index contributed by atoms with van der Waals surface area (Å²) in [6.07, 6.45) is 3.65. The highest BCUT2D eigenvalue weighted by Crippen LogP contribution is 2.26. The minimum atomic E-state index is 0.388. The number of rotatable bonds is 3. The zero-order chi connectivity index (χ0) is 12.4. The molecule has 0 unspecified atom stereocenters. The number of nitrogens with one attached hydrogen (secondary N) is 1. The van der Waals surface area contributed by atoms with Crippen LogP contribution in [0.4, 0.5) is 11.4 Å². The molecule has 1 aromatic carbocycles. The Morgan fingerprint density at radius 2 is 2.29 bits per heavy atom. The van der Waals surface area contributed by atoms with E-state index in [2.05, 4.69) is 26.3 Å². The Morgan fingerprint density at radius 1 is 1.53 bits per heavy atom. The van der Waals surface area contributed by atoms with Crippen molar-refractivity contribution in [2.45, 2.75) is 0 Å². The molecule has 6 heteroatoms. The van der Waals surface area contributed by atoms with Gasteiger partial charge in [-0.1, -0.05) is 12.2 Å². The number of halogens is 1. The predicted molar refractivity (Wildman–Crippen MR) is 76.5 cm³/mol. The molecular weight excluding hydrogens is 300 g/mol. The maximum atomic E-state index is 5.57. The van der Waals surface area contributed by atoms with Crippen LogP contribution >= 0.6 is 28.1 Å². The van der Waals surface area contributed by atoms with Crippen molar-refractivity contribution in [3.8, 4) is 0 Å². The predicted octanol–water partition coefficient (Wildman–Crippen LogP) is 2.56. The van der Waals surface area contributed by atoms with Gasteiger partial charge in [0.1, 0.15) is 4.99 Å². The fourth-order valence-corrected chi connectivity index (χ4v) is 2.02. The summed E-state index contributed by atoms with van der Waals surface area (Å²) in [5.74, 6) is 0. The van der Waals surface area contributed by atoms with Gasteiger partial charge in [-0.25, -0.2) is 0 Å². The number of aryl methyl sites for hydroxylation is 1. The van der Waals surface area contributed by atoms with Crippen LogP contribution in [0.15, 0.2) is 35.1 Å². The third-order valence-corrected chi connectivity index (χ3v) is 3.13. The summed E-state index contributed by atoms with van der Waals surface area (Å²) in [4.78, 5) is 0.388. The largest absolute Gasteiger partial charge is 0.389 e. The summed E-state index contributed by atoms with van der Waals surface area (Å²) < 4.78 is 2.64. The van der Waals surface area contributed by atoms with Gasteiger partial charge in [-0.05, 0) is 34.1 Å². The van der Waals surface area contributed by atoms with Gasteiger partial charge in [-0.3, -0.25) is 4.68 Å². The smallest absolute Gasteiger partial charge is 0.104 e. The SMILES string of the molecule is Cn1cc(Nc2ccc(C(N)=S)cc2Br)cn1. The molecule has 4 nitrogen and oxygen atoms in total. The molecular formula is C11H11BrN4S. The molecule has 0 saturated heterocycles. The molecule has 0 saturated carbocycles. The van der Waals surface area contributed by atoms with Gasteiger partial charge >= 0.3 is 0 Å². The molecule has 0 atom stereocenters. The average Bonchev–Trinajstić information content (AvgIpc) is 2.67. The third kappa shape index (κ3) is 2.83. The van der Waals surface area contributed by atoms with Crippen LogP contribution in [-0.2, 0) is 7.05 Å². The van der Waals surface area contributed by atoms with Crippen LogP contribution in [0.5, 0.6) is 0 Å². The molecule has 0 aliphatic rings. The highest BCUT2D eigenvalue weighted by molar-refractivity contribution is 9.10. The van der Waals surface area contributed by atoms with E-state index in [1.165, 1.54) is 0 Å². The van der Waals surface area contributed by atoms with E-state index in [4.69, 9.17) is 18.0 Å². The second-order valence-corrected chi connectivity index (χ2v) is 4.88. The lowest BCUT2D eigenvalue weighted by molar-refractivity contribution is 0.768. The van der Waals surface area contributed by atoms with Crippen LogP contribution in [0.1, 0.15) is 5.56 Å². The van der Waals surface area contributed by atoms with Gasteiger partial charge in [0.05, 0.1) is 17.6 Å². The van der Waals surface area contributed by atoms with Gasteiger partial charge in [0, 0.05) is 23.3 Å². The maximum Gasteiger partial charge on any atom is 0.104 e. The lowest BCUT2D eigenvalue weighted by Crippen LogP contribution is -2.09. The molecule has 0 fully saturated rings. The van der Waals surface area contributed by atoms with Crippen LogP contribution in [0.25, 0.3) is 0 Å². The maximum absolute atomic E-state index is 5.57. The summed E-state index contributed by atoms with van der Waals surface area (Å²) in [6, 6.07) is 5.69. The Morgan fingerprint density at radius 3 is 2.82 bits per heavy atom. The Balaban J connectivity index is 2.25. The zero-order valence-electron chi connectivity index (χ0n) is 9.14. The summed E-state index contributed by atoms with van der Waals surface area (Å²) >= 11 is 8.40. The lowest BCUT2D eigenvalue weighted by atomic mass is 10.2. The lowest BCUT2D eigenvalue weighted by Gasteiger charge is -2.07.